The highest BCUT2D eigenvalue weighted by molar-refractivity contribution is 6.00. The number of nitrogens with one attached hydrogen (secondary N) is 1. The van der Waals surface area contributed by atoms with Crippen LogP contribution in [0.25, 0.3) is 0 Å². The molecule has 20 heavy (non-hydrogen) atoms. The third-order valence-electron chi connectivity index (χ3n) is 3.05. The summed E-state index contributed by atoms with van der Waals surface area (Å²) in [5, 5.41) is 10.7. The van der Waals surface area contributed by atoms with Crippen molar-refractivity contribution in [2.24, 2.45) is 5.92 Å². The van der Waals surface area contributed by atoms with Crippen molar-refractivity contribution in [3.05, 3.63) is 30.1 Å². The fourth-order valence-corrected chi connectivity index (χ4v) is 2.09. The number of carbonyl (C=O) groups is 3. The standard InChI is InChI=1S/C13H13FN2O4/c14-9-3-1-2-4-10(9)16-7-8(5-11(16)17)13(20)15-6-12(18)19/h1-4,8H,5-7H2,(H,15,20)(H,18,19). The molecule has 1 aromatic carbocycles. The van der Waals surface area contributed by atoms with Crippen molar-refractivity contribution < 1.29 is 23.9 Å². The Morgan fingerprint density at radius 3 is 2.75 bits per heavy atom. The van der Waals surface area contributed by atoms with Crippen LogP contribution in [0.2, 0.25) is 0 Å². The second kappa shape index (κ2) is 5.68. The SMILES string of the molecule is O=C(O)CNC(=O)C1CC(=O)N(c2ccccc2F)C1. The summed E-state index contributed by atoms with van der Waals surface area (Å²) < 4.78 is 13.6. The summed E-state index contributed by atoms with van der Waals surface area (Å²) in [7, 11) is 0. The molecule has 1 fully saturated rings. The minimum absolute atomic E-state index is 0.0468. The van der Waals surface area contributed by atoms with Crippen molar-refractivity contribution in [3.8, 4) is 0 Å². The van der Waals surface area contributed by atoms with Crippen LogP contribution >= 0.6 is 0 Å². The fourth-order valence-electron chi connectivity index (χ4n) is 2.09. The second-order valence-electron chi connectivity index (χ2n) is 4.47. The van der Waals surface area contributed by atoms with E-state index in [2.05, 4.69) is 5.32 Å². The lowest BCUT2D eigenvalue weighted by atomic mass is 10.1. The van der Waals surface area contributed by atoms with Crippen molar-refractivity contribution in [1.29, 1.82) is 0 Å². The van der Waals surface area contributed by atoms with Crippen molar-refractivity contribution >= 4 is 23.5 Å². The minimum atomic E-state index is -1.16. The molecule has 0 spiro atoms. The van der Waals surface area contributed by atoms with E-state index < -0.39 is 30.2 Å². The van der Waals surface area contributed by atoms with Gasteiger partial charge in [0.1, 0.15) is 12.4 Å². The quantitative estimate of drug-likeness (QED) is 0.834. The molecule has 2 N–H and O–H groups in total. The zero-order valence-corrected chi connectivity index (χ0v) is 10.5. The van der Waals surface area contributed by atoms with Gasteiger partial charge in [0, 0.05) is 13.0 Å². The molecular weight excluding hydrogens is 267 g/mol. The van der Waals surface area contributed by atoms with Gasteiger partial charge in [-0.05, 0) is 12.1 Å². The van der Waals surface area contributed by atoms with Crippen LogP contribution in [0.5, 0.6) is 0 Å². The third kappa shape index (κ3) is 2.93. The van der Waals surface area contributed by atoms with Gasteiger partial charge in [0.25, 0.3) is 0 Å². The average molecular weight is 280 g/mol. The highest BCUT2D eigenvalue weighted by Gasteiger charge is 2.36. The molecule has 1 saturated heterocycles. The van der Waals surface area contributed by atoms with Crippen LogP contribution in [0.15, 0.2) is 24.3 Å². The summed E-state index contributed by atoms with van der Waals surface area (Å²) in [5.74, 6) is -3.23. The van der Waals surface area contributed by atoms with Crippen LogP contribution in [0.1, 0.15) is 6.42 Å². The largest absolute Gasteiger partial charge is 0.480 e. The number of carboxylic acids is 1. The molecular formula is C13H13FN2O4. The van der Waals surface area contributed by atoms with Gasteiger partial charge in [-0.25, -0.2) is 4.39 Å². The van der Waals surface area contributed by atoms with Gasteiger partial charge in [0.2, 0.25) is 11.8 Å². The van der Waals surface area contributed by atoms with E-state index in [0.29, 0.717) is 0 Å². The summed E-state index contributed by atoms with van der Waals surface area (Å²) in [6.45, 7) is -0.450. The minimum Gasteiger partial charge on any atom is -0.480 e. The molecule has 106 valence electrons. The predicted octanol–water partition coefficient (Wildman–Crippen LogP) is 0.379. The highest BCUT2D eigenvalue weighted by Crippen LogP contribution is 2.27. The van der Waals surface area contributed by atoms with Crippen molar-refractivity contribution in [2.45, 2.75) is 6.42 Å². The van der Waals surface area contributed by atoms with Crippen LogP contribution in [-0.2, 0) is 14.4 Å². The molecule has 0 saturated carbocycles. The number of aliphatic carboxylic acids is 1. The molecule has 1 aromatic rings. The van der Waals surface area contributed by atoms with E-state index in [4.69, 9.17) is 5.11 Å². The highest BCUT2D eigenvalue weighted by atomic mass is 19.1. The second-order valence-corrected chi connectivity index (χ2v) is 4.47. The Morgan fingerprint density at radius 1 is 1.40 bits per heavy atom. The van der Waals surface area contributed by atoms with Crippen LogP contribution in [0.4, 0.5) is 10.1 Å². The number of hydrogen-bond acceptors (Lipinski definition) is 3. The smallest absolute Gasteiger partial charge is 0.322 e. The number of benzene rings is 1. The first kappa shape index (κ1) is 14.0. The molecule has 0 aliphatic carbocycles. The number of halogens is 1. The maximum absolute atomic E-state index is 13.6. The molecule has 1 aliphatic heterocycles. The Morgan fingerprint density at radius 2 is 2.10 bits per heavy atom. The molecule has 0 radical (unpaired) electrons. The first-order valence-corrected chi connectivity index (χ1v) is 6.03. The van der Waals surface area contributed by atoms with Crippen molar-refractivity contribution in [1.82, 2.24) is 5.32 Å². The molecule has 1 unspecified atom stereocenters. The summed E-state index contributed by atoms with van der Waals surface area (Å²) in [6.07, 6.45) is -0.0558. The molecule has 0 aromatic heterocycles. The number of anilines is 1. The van der Waals surface area contributed by atoms with Gasteiger partial charge in [-0.15, -0.1) is 0 Å². The lowest BCUT2D eigenvalue weighted by molar-refractivity contribution is -0.138. The third-order valence-corrected chi connectivity index (χ3v) is 3.05. The summed E-state index contributed by atoms with van der Waals surface area (Å²) in [4.78, 5) is 35.1. The van der Waals surface area contributed by atoms with Crippen LogP contribution in [-0.4, -0.2) is 36.0 Å². The predicted molar refractivity (Wildman–Crippen MR) is 67.5 cm³/mol. The number of carboxylic acid groups (broad SMARTS) is 1. The molecule has 6 nitrogen and oxygen atoms in total. The Hall–Kier alpha value is -2.44. The number of para-hydroxylation sites is 1. The number of amides is 2. The lowest BCUT2D eigenvalue weighted by Gasteiger charge is -2.17. The van der Waals surface area contributed by atoms with Gasteiger partial charge in [-0.2, -0.15) is 0 Å². The molecule has 1 heterocycles. The normalized spacial score (nSPS) is 18.1. The van der Waals surface area contributed by atoms with Gasteiger partial charge < -0.3 is 15.3 Å². The number of rotatable bonds is 4. The molecule has 2 amide bonds. The Balaban J connectivity index is 2.06. The maximum Gasteiger partial charge on any atom is 0.322 e. The summed E-state index contributed by atoms with van der Waals surface area (Å²) in [6, 6.07) is 5.81. The molecule has 0 bridgehead atoms. The molecule has 1 aliphatic rings. The zero-order chi connectivity index (χ0) is 14.7. The van der Waals surface area contributed by atoms with E-state index in [9.17, 15) is 18.8 Å². The van der Waals surface area contributed by atoms with E-state index in [1.165, 1.54) is 23.1 Å². The van der Waals surface area contributed by atoms with Crippen LogP contribution in [0, 0.1) is 11.7 Å². The fraction of sp³-hybridized carbons (Fsp3) is 0.308. The molecule has 1 atom stereocenters. The Bertz CT molecular complexity index is 561. The average Bonchev–Trinajstić information content (AvgIpc) is 2.78. The van der Waals surface area contributed by atoms with Gasteiger partial charge >= 0.3 is 5.97 Å². The summed E-state index contributed by atoms with van der Waals surface area (Å²) in [5.41, 5.74) is 0.131. The van der Waals surface area contributed by atoms with E-state index >= 15 is 0 Å². The monoisotopic (exact) mass is 280 g/mol. The van der Waals surface area contributed by atoms with Gasteiger partial charge in [-0.1, -0.05) is 12.1 Å². The Labute approximate surface area is 114 Å². The number of nitrogens with zero attached hydrogens (tertiary/aromatic N) is 1. The first-order valence-electron chi connectivity index (χ1n) is 6.03. The van der Waals surface area contributed by atoms with Crippen molar-refractivity contribution in [2.75, 3.05) is 18.0 Å². The van der Waals surface area contributed by atoms with Crippen molar-refractivity contribution in [3.63, 3.8) is 0 Å². The van der Waals surface area contributed by atoms with E-state index in [0.717, 1.165) is 0 Å². The molecule has 2 rings (SSSR count). The van der Waals surface area contributed by atoms with Gasteiger partial charge in [0.15, 0.2) is 0 Å². The molecule has 7 heteroatoms. The number of hydrogen-bond donors (Lipinski definition) is 2. The van der Waals surface area contributed by atoms with E-state index in [1.54, 1.807) is 6.07 Å². The van der Waals surface area contributed by atoms with Crippen LogP contribution in [0.3, 0.4) is 0 Å². The van der Waals surface area contributed by atoms with Gasteiger partial charge in [0.05, 0.1) is 11.6 Å². The lowest BCUT2D eigenvalue weighted by Crippen LogP contribution is -2.36. The van der Waals surface area contributed by atoms with Crippen LogP contribution < -0.4 is 10.2 Å². The Kier molecular flexibility index (Phi) is 3.97. The summed E-state index contributed by atoms with van der Waals surface area (Å²) >= 11 is 0. The topological polar surface area (TPSA) is 86.7 Å². The maximum atomic E-state index is 13.6. The van der Waals surface area contributed by atoms with Gasteiger partial charge in [-0.3, -0.25) is 14.4 Å². The number of carbonyl (C=O) groups excluding carboxylic acids is 2. The van der Waals surface area contributed by atoms with E-state index in [1.807, 2.05) is 0 Å². The first-order chi connectivity index (χ1) is 9.49. The van der Waals surface area contributed by atoms with E-state index in [-0.39, 0.29) is 24.6 Å². The zero-order valence-electron chi connectivity index (χ0n) is 10.5.